The largest absolute Gasteiger partial charge is 0.478 e. The predicted octanol–water partition coefficient (Wildman–Crippen LogP) is 2.75. The maximum Gasteiger partial charge on any atom is 0.336 e. The van der Waals surface area contributed by atoms with Crippen LogP contribution in [0.2, 0.25) is 0 Å². The molecule has 1 N–H and O–H groups in total. The molecule has 0 unspecified atom stereocenters. The van der Waals surface area contributed by atoms with Gasteiger partial charge in [0.25, 0.3) is 0 Å². The van der Waals surface area contributed by atoms with Crippen LogP contribution in [0, 0.1) is 18.8 Å². The van der Waals surface area contributed by atoms with Crippen molar-refractivity contribution in [2.45, 2.75) is 13.3 Å². The Labute approximate surface area is 98.7 Å². The van der Waals surface area contributed by atoms with E-state index in [-0.39, 0.29) is 12.1 Å². The maximum atomic E-state index is 11.0. The molecule has 1 aromatic rings. The topological polar surface area (TPSA) is 86.1 Å². The minimum Gasteiger partial charge on any atom is -0.478 e. The first kappa shape index (κ1) is 12.6. The summed E-state index contributed by atoms with van der Waals surface area (Å²) in [6.07, 6.45) is 0.414. The number of carboxylic acid groups (broad SMARTS) is 1. The van der Waals surface area contributed by atoms with E-state index in [1.54, 1.807) is 12.1 Å². The second kappa shape index (κ2) is 6.21. The summed E-state index contributed by atoms with van der Waals surface area (Å²) in [4.78, 5) is 13.6. The molecule has 1 rings (SSSR count). The number of nitrogens with zero attached hydrogens (tertiary/aromatic N) is 3. The first-order valence-corrected chi connectivity index (χ1v) is 4.99. The third-order valence-corrected chi connectivity index (χ3v) is 2.03. The van der Waals surface area contributed by atoms with E-state index in [2.05, 4.69) is 21.9 Å². The number of azide groups is 1. The van der Waals surface area contributed by atoms with Crippen LogP contribution in [0.1, 0.15) is 27.9 Å². The van der Waals surface area contributed by atoms with E-state index in [4.69, 9.17) is 10.6 Å². The average Bonchev–Trinajstić information content (AvgIpc) is 2.30. The van der Waals surface area contributed by atoms with Gasteiger partial charge in [0.1, 0.15) is 0 Å². The lowest BCUT2D eigenvalue weighted by Crippen LogP contribution is -2.00. The Morgan fingerprint density at radius 1 is 1.59 bits per heavy atom. The van der Waals surface area contributed by atoms with Gasteiger partial charge in [-0.25, -0.2) is 4.79 Å². The fourth-order valence-electron chi connectivity index (χ4n) is 1.25. The third-order valence-electron chi connectivity index (χ3n) is 2.03. The van der Waals surface area contributed by atoms with Gasteiger partial charge < -0.3 is 5.11 Å². The van der Waals surface area contributed by atoms with Crippen molar-refractivity contribution in [1.29, 1.82) is 0 Å². The molecule has 0 aliphatic rings. The van der Waals surface area contributed by atoms with Crippen molar-refractivity contribution >= 4 is 5.97 Å². The molecular formula is C12H11N3O2. The molecule has 0 aromatic heterocycles. The molecule has 0 aliphatic carbocycles. The van der Waals surface area contributed by atoms with E-state index in [0.29, 0.717) is 12.0 Å². The molecule has 0 bridgehead atoms. The number of benzene rings is 1. The SMILES string of the molecule is Cc1ccc(C#CCCN=[N+]=[N-])c(C(=O)O)c1. The van der Waals surface area contributed by atoms with Crippen molar-refractivity contribution in [3.63, 3.8) is 0 Å². The van der Waals surface area contributed by atoms with E-state index in [9.17, 15) is 4.79 Å². The van der Waals surface area contributed by atoms with Gasteiger partial charge in [-0.05, 0) is 24.6 Å². The normalized spacial score (nSPS) is 8.76. The first-order valence-electron chi connectivity index (χ1n) is 4.99. The Morgan fingerprint density at radius 2 is 2.35 bits per heavy atom. The van der Waals surface area contributed by atoms with E-state index in [0.717, 1.165) is 5.56 Å². The highest BCUT2D eigenvalue weighted by atomic mass is 16.4. The summed E-state index contributed by atoms with van der Waals surface area (Å²) in [6, 6.07) is 5.07. The summed E-state index contributed by atoms with van der Waals surface area (Å²) < 4.78 is 0. The second-order valence-electron chi connectivity index (χ2n) is 3.36. The number of hydrogen-bond acceptors (Lipinski definition) is 2. The van der Waals surface area contributed by atoms with Crippen LogP contribution >= 0.6 is 0 Å². The lowest BCUT2D eigenvalue weighted by molar-refractivity contribution is 0.0696. The van der Waals surface area contributed by atoms with Gasteiger partial charge in [0, 0.05) is 23.4 Å². The number of rotatable bonds is 3. The van der Waals surface area contributed by atoms with Crippen molar-refractivity contribution in [3.8, 4) is 11.8 Å². The highest BCUT2D eigenvalue weighted by Gasteiger charge is 2.07. The van der Waals surface area contributed by atoms with Crippen LogP contribution < -0.4 is 0 Å². The first-order chi connectivity index (χ1) is 8.15. The third kappa shape index (κ3) is 3.90. The quantitative estimate of drug-likeness (QED) is 0.284. The molecule has 0 heterocycles. The molecule has 1 aromatic carbocycles. The Hall–Kier alpha value is -2.44. The molecule has 0 radical (unpaired) electrons. The number of aromatic carboxylic acids is 1. The fraction of sp³-hybridized carbons (Fsp3) is 0.250. The van der Waals surface area contributed by atoms with Crippen LogP contribution in [0.25, 0.3) is 10.4 Å². The zero-order valence-electron chi connectivity index (χ0n) is 9.34. The van der Waals surface area contributed by atoms with E-state index in [1.165, 1.54) is 0 Å². The molecule has 86 valence electrons. The molecule has 0 saturated carbocycles. The van der Waals surface area contributed by atoms with Crippen molar-refractivity contribution in [2.75, 3.05) is 6.54 Å². The summed E-state index contributed by atoms with van der Waals surface area (Å²) in [6.45, 7) is 2.11. The van der Waals surface area contributed by atoms with Gasteiger partial charge in [-0.15, -0.1) is 0 Å². The van der Waals surface area contributed by atoms with Crippen LogP contribution in [0.15, 0.2) is 23.3 Å². The lowest BCUT2D eigenvalue weighted by atomic mass is 10.0. The van der Waals surface area contributed by atoms with E-state index >= 15 is 0 Å². The molecule has 0 fully saturated rings. The van der Waals surface area contributed by atoms with Crippen molar-refractivity contribution in [1.82, 2.24) is 0 Å². The standard InChI is InChI=1S/C12H11N3O2/c1-9-5-6-10(11(8-9)12(16)17)4-2-3-7-14-15-13/h5-6,8H,3,7H2,1H3,(H,16,17). The van der Waals surface area contributed by atoms with Gasteiger partial charge in [-0.3, -0.25) is 0 Å². The highest BCUT2D eigenvalue weighted by Crippen LogP contribution is 2.10. The highest BCUT2D eigenvalue weighted by molar-refractivity contribution is 5.91. The summed E-state index contributed by atoms with van der Waals surface area (Å²) in [5.74, 6) is 4.55. The molecule has 0 atom stereocenters. The van der Waals surface area contributed by atoms with E-state index in [1.807, 2.05) is 13.0 Å². The number of aryl methyl sites for hydroxylation is 1. The fourth-order valence-corrected chi connectivity index (χ4v) is 1.25. The molecule has 17 heavy (non-hydrogen) atoms. The van der Waals surface area contributed by atoms with Gasteiger partial charge in [-0.2, -0.15) is 0 Å². The number of carbonyl (C=O) groups is 1. The van der Waals surface area contributed by atoms with Crippen molar-refractivity contribution < 1.29 is 9.90 Å². The Bertz CT molecular complexity index is 534. The average molecular weight is 229 g/mol. The van der Waals surface area contributed by atoms with Gasteiger partial charge in [-0.1, -0.05) is 28.6 Å². The molecule has 0 aliphatic heterocycles. The van der Waals surface area contributed by atoms with Gasteiger partial charge >= 0.3 is 5.97 Å². The number of carboxylic acids is 1. The van der Waals surface area contributed by atoms with Crippen LogP contribution in [0.4, 0.5) is 0 Å². The zero-order valence-corrected chi connectivity index (χ0v) is 9.34. The van der Waals surface area contributed by atoms with Crippen LogP contribution in [-0.2, 0) is 0 Å². The molecule has 5 nitrogen and oxygen atoms in total. The Kier molecular flexibility index (Phi) is 4.61. The molecule has 5 heteroatoms. The minimum absolute atomic E-state index is 0.196. The minimum atomic E-state index is -0.993. The molecule has 0 saturated heterocycles. The molecule has 0 spiro atoms. The molecule has 0 amide bonds. The van der Waals surface area contributed by atoms with Crippen LogP contribution in [0.5, 0.6) is 0 Å². The number of hydrogen-bond donors (Lipinski definition) is 1. The van der Waals surface area contributed by atoms with Crippen LogP contribution in [0.3, 0.4) is 0 Å². The Balaban J connectivity index is 2.90. The monoisotopic (exact) mass is 229 g/mol. The zero-order chi connectivity index (χ0) is 12.7. The second-order valence-corrected chi connectivity index (χ2v) is 3.36. The van der Waals surface area contributed by atoms with Crippen molar-refractivity contribution in [2.24, 2.45) is 5.11 Å². The summed E-state index contributed by atoms with van der Waals surface area (Å²) in [5.41, 5.74) is 9.61. The molecular weight excluding hydrogens is 218 g/mol. The van der Waals surface area contributed by atoms with Gasteiger partial charge in [0.15, 0.2) is 0 Å². The van der Waals surface area contributed by atoms with Gasteiger partial charge in [0.05, 0.1) is 5.56 Å². The predicted molar refractivity (Wildman–Crippen MR) is 63.6 cm³/mol. The summed E-state index contributed by atoms with van der Waals surface area (Å²) in [5, 5.41) is 12.3. The van der Waals surface area contributed by atoms with Gasteiger partial charge in [0.2, 0.25) is 0 Å². The summed E-state index contributed by atoms with van der Waals surface area (Å²) in [7, 11) is 0. The van der Waals surface area contributed by atoms with Crippen molar-refractivity contribution in [3.05, 3.63) is 45.3 Å². The lowest BCUT2D eigenvalue weighted by Gasteiger charge is -2.00. The summed E-state index contributed by atoms with van der Waals surface area (Å²) >= 11 is 0. The van der Waals surface area contributed by atoms with Crippen LogP contribution in [-0.4, -0.2) is 17.6 Å². The Morgan fingerprint density at radius 3 is 3.00 bits per heavy atom. The smallest absolute Gasteiger partial charge is 0.336 e. The van der Waals surface area contributed by atoms with E-state index < -0.39 is 5.97 Å². The maximum absolute atomic E-state index is 11.0.